The topological polar surface area (TPSA) is 64.1 Å². The molecule has 0 radical (unpaired) electrons. The quantitative estimate of drug-likeness (QED) is 0.0267. The first-order chi connectivity index (χ1) is 45.7. The molecular formula is C76H98Br4Cl8N8. The van der Waals surface area contributed by atoms with Gasteiger partial charge in [0.2, 0.25) is 12.7 Å². The molecule has 0 aliphatic carbocycles. The molecule has 0 aliphatic heterocycles. The zero-order valence-electron chi connectivity index (χ0n) is 56.3. The van der Waals surface area contributed by atoms with E-state index in [0.29, 0.717) is 41.2 Å². The highest BCUT2D eigenvalue weighted by molar-refractivity contribution is 9.09. The van der Waals surface area contributed by atoms with E-state index >= 15 is 0 Å². The fourth-order valence-corrected chi connectivity index (χ4v) is 12.9. The van der Waals surface area contributed by atoms with Gasteiger partial charge in [0.1, 0.15) is 10.3 Å². The number of alkyl halides is 2. The van der Waals surface area contributed by atoms with Crippen LogP contribution >= 0.6 is 125 Å². The van der Waals surface area contributed by atoms with E-state index in [-0.39, 0.29) is 34.0 Å². The third-order valence-electron chi connectivity index (χ3n) is 16.0. The fraction of sp³-hybridized carbons (Fsp3) is 0.447. The number of nitrogens with zero attached hydrogens (tertiary/aromatic N) is 7. The molecule has 0 atom stereocenters. The van der Waals surface area contributed by atoms with Gasteiger partial charge in [-0.3, -0.25) is 0 Å². The second-order valence-electron chi connectivity index (χ2n) is 23.5. The minimum absolute atomic E-state index is 0. The molecule has 8 nitrogen and oxygen atoms in total. The number of unbranched alkanes of at least 4 members (excludes halogenated alkanes) is 16. The maximum absolute atomic E-state index is 6.45. The van der Waals surface area contributed by atoms with E-state index < -0.39 is 0 Å². The number of H-pyrrole nitrogens is 1. The van der Waals surface area contributed by atoms with Crippen LogP contribution in [0.3, 0.4) is 0 Å². The standard InChI is InChI=1S/2C22H27Cl2N2.C12H11Br.C10H16Cl2N2.C7H15Br.C3H2Cl2N2.2BrH/c2*1-2-3-4-5-8-14-25-17-26(22(24)21(25)23)15-13-18-11-12-19-9-6-7-10-20(19)16-18;13-8-7-10-5-6-11-3-1-2-4-12(11)9-10;1-2-3-4-5-6-7-14-8-13-9(11)10(14)12;1-2-3-4-5-6-7-8;4-2-3(5)7-1-6-2;;/h2*6-7,9-12,16-17H,2-5,8,13-15H2,1H3;1-6,9H,7-8H2;8H,2-7H2,1H3;2-7H2,1H3;1H,(H,6,7);2*1H/q2*+1;;;;;;/p-2. The van der Waals surface area contributed by atoms with E-state index in [1.54, 1.807) is 6.33 Å². The smallest absolute Gasteiger partial charge is 0.255 e. The SMILES string of the molecule is BrCCc1ccc2ccccc2c1.CCCCCCCBr.CCCCCCC[n+]1cn(CCc2ccc3ccccc3c2)c(Cl)c1Cl.CCCCCCC[n+]1cn(CCc2ccc3ccccc3c2)c(Cl)c1Cl.CCCCCCCn1cnc(Cl)c1Cl.Clc1nc[nH]c1Cl.[Br-].[Br-]. The Morgan fingerprint density at radius 3 is 1.08 bits per heavy atom. The highest BCUT2D eigenvalue weighted by Gasteiger charge is 2.21. The van der Waals surface area contributed by atoms with Crippen LogP contribution in [0.1, 0.15) is 173 Å². The van der Waals surface area contributed by atoms with E-state index in [9.17, 15) is 0 Å². The van der Waals surface area contributed by atoms with Crippen LogP contribution in [0, 0.1) is 0 Å². The number of aromatic amines is 1. The molecule has 0 bridgehead atoms. The molecular weight excluding hydrogens is 1630 g/mol. The number of rotatable bonds is 31. The Balaban J connectivity index is 0.000000318. The largest absolute Gasteiger partial charge is 1.00 e. The molecule has 10 aromatic rings. The minimum Gasteiger partial charge on any atom is -1.00 e. The summed E-state index contributed by atoms with van der Waals surface area (Å²) in [6, 6.07) is 45.3. The van der Waals surface area contributed by atoms with Crippen LogP contribution in [0.15, 0.2) is 153 Å². The van der Waals surface area contributed by atoms with Crippen LogP contribution in [0.25, 0.3) is 32.3 Å². The second-order valence-corrected chi connectivity index (χ2v) is 28.0. The van der Waals surface area contributed by atoms with Gasteiger partial charge in [-0.2, -0.15) is 0 Å². The molecule has 0 spiro atoms. The predicted molar refractivity (Wildman–Crippen MR) is 416 cm³/mol. The van der Waals surface area contributed by atoms with Crippen LogP contribution in [0.2, 0.25) is 41.2 Å². The lowest BCUT2D eigenvalue weighted by atomic mass is 10.1. The number of fused-ring (bicyclic) bond motifs is 3. The number of aromatic nitrogens is 8. The van der Waals surface area contributed by atoms with Crippen molar-refractivity contribution in [2.45, 2.75) is 208 Å². The highest BCUT2D eigenvalue weighted by atomic mass is 79.9. The van der Waals surface area contributed by atoms with Crippen molar-refractivity contribution >= 4 is 157 Å². The van der Waals surface area contributed by atoms with E-state index in [2.05, 4.69) is 233 Å². The Hall–Kier alpha value is -2.82. The Bertz CT molecular complexity index is 3520. The zero-order chi connectivity index (χ0) is 67.7. The molecule has 526 valence electrons. The van der Waals surface area contributed by atoms with Crippen molar-refractivity contribution in [2.75, 3.05) is 10.7 Å². The lowest BCUT2D eigenvalue weighted by molar-refractivity contribution is -0.694. The van der Waals surface area contributed by atoms with Gasteiger partial charge in [-0.1, -0.05) is 323 Å². The summed E-state index contributed by atoms with van der Waals surface area (Å²) in [4.78, 5) is 10.1. The number of benzene rings is 6. The zero-order valence-corrected chi connectivity index (χ0v) is 68.7. The molecule has 0 saturated heterocycles. The third-order valence-corrected chi connectivity index (χ3v) is 20.2. The fourth-order valence-electron chi connectivity index (χ4n) is 10.5. The highest BCUT2D eigenvalue weighted by Crippen LogP contribution is 2.25. The Morgan fingerprint density at radius 1 is 0.375 bits per heavy atom. The lowest BCUT2D eigenvalue weighted by Gasteiger charge is -2.03. The Labute approximate surface area is 651 Å². The second kappa shape index (κ2) is 52.2. The molecule has 0 fully saturated rings. The van der Waals surface area contributed by atoms with Gasteiger partial charge < -0.3 is 43.5 Å². The van der Waals surface area contributed by atoms with Crippen LogP contribution < -0.4 is 43.1 Å². The molecule has 96 heavy (non-hydrogen) atoms. The first-order valence-electron chi connectivity index (χ1n) is 33.9. The summed E-state index contributed by atoms with van der Waals surface area (Å²) in [6.45, 7) is 13.4. The number of aryl methyl sites for hydroxylation is 8. The van der Waals surface area contributed by atoms with E-state index in [1.807, 2.05) is 4.57 Å². The lowest BCUT2D eigenvalue weighted by Crippen LogP contribution is -3.00. The molecule has 0 unspecified atom stereocenters. The van der Waals surface area contributed by atoms with Gasteiger partial charge in [-0.05, 0) is 140 Å². The van der Waals surface area contributed by atoms with Crippen molar-refractivity contribution in [1.82, 2.24) is 28.7 Å². The van der Waals surface area contributed by atoms with Crippen LogP contribution in [0.4, 0.5) is 0 Å². The van der Waals surface area contributed by atoms with Gasteiger partial charge in [0.05, 0.1) is 38.8 Å². The minimum atomic E-state index is 0. The van der Waals surface area contributed by atoms with Crippen LogP contribution in [-0.2, 0) is 52.0 Å². The summed E-state index contributed by atoms with van der Waals surface area (Å²) in [7, 11) is 0. The van der Waals surface area contributed by atoms with Gasteiger partial charge in [0.15, 0.2) is 10.3 Å². The molecule has 10 rings (SSSR count). The average molecular weight is 1730 g/mol. The monoisotopic (exact) mass is 1720 g/mol. The maximum Gasteiger partial charge on any atom is 0.255 e. The molecule has 4 aromatic heterocycles. The van der Waals surface area contributed by atoms with Crippen molar-refractivity contribution in [3.63, 3.8) is 0 Å². The first kappa shape index (κ1) is 87.4. The van der Waals surface area contributed by atoms with Crippen molar-refractivity contribution in [1.29, 1.82) is 0 Å². The van der Waals surface area contributed by atoms with Crippen molar-refractivity contribution in [2.24, 2.45) is 0 Å². The molecule has 20 heteroatoms. The molecule has 0 saturated carbocycles. The van der Waals surface area contributed by atoms with E-state index in [1.165, 1.54) is 170 Å². The Morgan fingerprint density at radius 2 is 0.750 bits per heavy atom. The summed E-state index contributed by atoms with van der Waals surface area (Å²) in [5.74, 6) is 0. The predicted octanol–water partition coefficient (Wildman–Crippen LogP) is 19.9. The number of imidazole rings is 4. The summed E-state index contributed by atoms with van der Waals surface area (Å²) in [5.41, 5.74) is 4.03. The third kappa shape index (κ3) is 32.4. The van der Waals surface area contributed by atoms with Crippen LogP contribution in [0.5, 0.6) is 0 Å². The maximum atomic E-state index is 6.45. The molecule has 0 aliphatic rings. The molecule has 1 N–H and O–H groups in total. The van der Waals surface area contributed by atoms with Crippen molar-refractivity contribution in [3.05, 3.63) is 211 Å². The summed E-state index contributed by atoms with van der Waals surface area (Å²) in [6.07, 6.45) is 36.0. The van der Waals surface area contributed by atoms with E-state index in [0.717, 1.165) is 76.6 Å². The van der Waals surface area contributed by atoms with E-state index in [4.69, 9.17) is 92.8 Å². The first-order valence-corrected chi connectivity index (χ1v) is 39.1. The number of halogens is 12. The van der Waals surface area contributed by atoms with Crippen molar-refractivity contribution < 1.29 is 43.1 Å². The van der Waals surface area contributed by atoms with Gasteiger partial charge in [-0.15, -0.1) is 0 Å². The molecule has 6 aromatic carbocycles. The van der Waals surface area contributed by atoms with Crippen LogP contribution in [-0.4, -0.2) is 39.3 Å². The number of hydrogen-bond donors (Lipinski definition) is 1. The van der Waals surface area contributed by atoms with Gasteiger partial charge in [0, 0.05) is 30.0 Å². The van der Waals surface area contributed by atoms with Gasteiger partial charge >= 0.3 is 0 Å². The average Bonchev–Trinajstić information content (AvgIpc) is 1.57. The normalized spacial score (nSPS) is 10.6. The summed E-state index contributed by atoms with van der Waals surface area (Å²) in [5, 5.41) is 14.2. The number of nitrogens with one attached hydrogen (secondary N) is 1. The summed E-state index contributed by atoms with van der Waals surface area (Å²) >= 11 is 55.0. The Kier molecular flexibility index (Phi) is 47.5. The molecule has 4 heterocycles. The molecule has 0 amide bonds. The van der Waals surface area contributed by atoms with Gasteiger partial charge in [0.25, 0.3) is 20.6 Å². The summed E-state index contributed by atoms with van der Waals surface area (Å²) < 4.78 is 10.2. The van der Waals surface area contributed by atoms with Crippen molar-refractivity contribution in [3.8, 4) is 0 Å². The number of hydrogen-bond acceptors (Lipinski definition) is 2. The van der Waals surface area contributed by atoms with Gasteiger partial charge in [-0.25, -0.2) is 28.2 Å².